The quantitative estimate of drug-likeness (QED) is 0.550. The number of fused-ring (bicyclic) bond motifs is 1. The summed E-state index contributed by atoms with van der Waals surface area (Å²) >= 11 is 0. The van der Waals surface area contributed by atoms with E-state index in [1.54, 1.807) is 0 Å². The maximum absolute atomic E-state index is 11.2. The van der Waals surface area contributed by atoms with Crippen molar-refractivity contribution in [1.82, 2.24) is 0 Å². The zero-order chi connectivity index (χ0) is 8.72. The van der Waals surface area contributed by atoms with E-state index < -0.39 is 6.29 Å². The Hall–Kier alpha value is -0.570. The van der Waals surface area contributed by atoms with Gasteiger partial charge in [-0.15, -0.1) is 0 Å². The number of ether oxygens (including phenoxy) is 1. The lowest BCUT2D eigenvalue weighted by atomic mass is 9.82. The Kier molecular flexibility index (Phi) is 1.83. The van der Waals surface area contributed by atoms with Gasteiger partial charge in [-0.05, 0) is 18.8 Å². The third kappa shape index (κ3) is 1.04. The van der Waals surface area contributed by atoms with Gasteiger partial charge in [0.2, 0.25) is 6.29 Å². The summed E-state index contributed by atoms with van der Waals surface area (Å²) in [6.45, 7) is 1.96. The third-order valence-electron chi connectivity index (χ3n) is 3.23. The predicted molar refractivity (Wildman–Crippen MR) is 42.1 cm³/mol. The van der Waals surface area contributed by atoms with Crippen molar-refractivity contribution in [2.24, 2.45) is 17.8 Å². The van der Waals surface area contributed by atoms with Gasteiger partial charge in [-0.2, -0.15) is 0 Å². The summed E-state index contributed by atoms with van der Waals surface area (Å²) < 4.78 is 4.83. The van der Waals surface area contributed by atoms with Crippen molar-refractivity contribution in [3.05, 3.63) is 0 Å². The first kappa shape index (κ1) is 8.05. The van der Waals surface area contributed by atoms with Gasteiger partial charge in [-0.3, -0.25) is 4.79 Å². The normalized spacial score (nSPS) is 47.0. The molecule has 1 heterocycles. The highest BCUT2D eigenvalue weighted by Crippen LogP contribution is 2.42. The maximum Gasteiger partial charge on any atom is 0.311 e. The second-order valence-electron chi connectivity index (χ2n) is 3.89. The lowest BCUT2D eigenvalue weighted by Gasteiger charge is -2.33. The molecule has 0 aromatic heterocycles. The molecule has 68 valence electrons. The molecule has 1 aliphatic carbocycles. The molecule has 0 aromatic rings. The number of carbonyl (C=O) groups is 1. The van der Waals surface area contributed by atoms with Crippen LogP contribution < -0.4 is 0 Å². The van der Waals surface area contributed by atoms with Gasteiger partial charge in [0.15, 0.2) is 0 Å². The topological polar surface area (TPSA) is 46.5 Å². The predicted octanol–water partition coefficient (Wildman–Crippen LogP) is 0.914. The summed E-state index contributed by atoms with van der Waals surface area (Å²) in [5.41, 5.74) is 0. The smallest absolute Gasteiger partial charge is 0.311 e. The van der Waals surface area contributed by atoms with Gasteiger partial charge in [-0.1, -0.05) is 13.3 Å². The fraction of sp³-hybridized carbons (Fsp3) is 0.889. The molecule has 0 radical (unpaired) electrons. The average Bonchev–Trinajstić information content (AvgIpc) is 2.48. The molecule has 1 saturated carbocycles. The minimum absolute atomic E-state index is 0.0726. The number of rotatable bonds is 0. The van der Waals surface area contributed by atoms with E-state index in [0.29, 0.717) is 5.92 Å². The Balaban J connectivity index is 2.17. The van der Waals surface area contributed by atoms with E-state index in [4.69, 9.17) is 4.74 Å². The molecule has 1 aliphatic heterocycles. The standard InChI is InChI=1S/C9H14O3/c1-5-6-3-2-4-7(6)9(11)12-8(5)10/h5-8,10H,2-4H2,1H3. The molecule has 2 fully saturated rings. The second-order valence-corrected chi connectivity index (χ2v) is 3.89. The molecule has 3 heteroatoms. The zero-order valence-corrected chi connectivity index (χ0v) is 7.19. The molecule has 0 amide bonds. The molecule has 2 rings (SSSR count). The SMILES string of the molecule is CC1C(O)OC(=O)C2CCCC21. The molecular formula is C9H14O3. The van der Waals surface area contributed by atoms with Crippen molar-refractivity contribution in [1.29, 1.82) is 0 Å². The van der Waals surface area contributed by atoms with Crippen LogP contribution in [0.15, 0.2) is 0 Å². The van der Waals surface area contributed by atoms with Gasteiger partial charge in [0.05, 0.1) is 5.92 Å². The monoisotopic (exact) mass is 170 g/mol. The fourth-order valence-electron chi connectivity index (χ4n) is 2.44. The van der Waals surface area contributed by atoms with Gasteiger partial charge < -0.3 is 9.84 Å². The first-order valence-electron chi connectivity index (χ1n) is 4.58. The minimum atomic E-state index is -0.864. The van der Waals surface area contributed by atoms with Crippen LogP contribution >= 0.6 is 0 Å². The van der Waals surface area contributed by atoms with Crippen LogP contribution in [0.2, 0.25) is 0 Å². The number of hydrogen-bond acceptors (Lipinski definition) is 3. The van der Waals surface area contributed by atoms with Crippen LogP contribution in [0.4, 0.5) is 0 Å². The first-order valence-corrected chi connectivity index (χ1v) is 4.58. The van der Waals surface area contributed by atoms with Crippen LogP contribution in [-0.4, -0.2) is 17.4 Å². The number of carbonyl (C=O) groups excluding carboxylic acids is 1. The molecule has 0 aromatic carbocycles. The molecule has 1 N–H and O–H groups in total. The van der Waals surface area contributed by atoms with Crippen LogP contribution in [0, 0.1) is 17.8 Å². The van der Waals surface area contributed by atoms with Crippen molar-refractivity contribution >= 4 is 5.97 Å². The molecule has 12 heavy (non-hydrogen) atoms. The average molecular weight is 170 g/mol. The molecule has 1 saturated heterocycles. The number of cyclic esters (lactones) is 1. The van der Waals surface area contributed by atoms with E-state index in [1.165, 1.54) is 0 Å². The Morgan fingerprint density at radius 1 is 1.50 bits per heavy atom. The molecule has 0 bridgehead atoms. The first-order chi connectivity index (χ1) is 5.70. The van der Waals surface area contributed by atoms with E-state index >= 15 is 0 Å². The summed E-state index contributed by atoms with van der Waals surface area (Å²) in [5, 5.41) is 9.35. The molecular weight excluding hydrogens is 156 g/mol. The van der Waals surface area contributed by atoms with Gasteiger partial charge >= 0.3 is 5.97 Å². The van der Waals surface area contributed by atoms with Crippen molar-refractivity contribution in [2.75, 3.05) is 0 Å². The molecule has 2 aliphatic rings. The van der Waals surface area contributed by atoms with Gasteiger partial charge in [0.25, 0.3) is 0 Å². The van der Waals surface area contributed by atoms with Gasteiger partial charge in [0.1, 0.15) is 0 Å². The van der Waals surface area contributed by atoms with E-state index in [9.17, 15) is 9.90 Å². The maximum atomic E-state index is 11.2. The lowest BCUT2D eigenvalue weighted by molar-refractivity contribution is -0.202. The highest BCUT2D eigenvalue weighted by Gasteiger charge is 2.45. The van der Waals surface area contributed by atoms with Crippen LogP contribution in [0.25, 0.3) is 0 Å². The fourth-order valence-corrected chi connectivity index (χ4v) is 2.44. The van der Waals surface area contributed by atoms with E-state index in [-0.39, 0.29) is 17.8 Å². The minimum Gasteiger partial charge on any atom is -0.435 e. The van der Waals surface area contributed by atoms with Crippen molar-refractivity contribution in [3.8, 4) is 0 Å². The Morgan fingerprint density at radius 2 is 2.25 bits per heavy atom. The molecule has 4 unspecified atom stereocenters. The molecule has 3 nitrogen and oxygen atoms in total. The summed E-state index contributed by atoms with van der Waals surface area (Å²) in [7, 11) is 0. The number of hydrogen-bond donors (Lipinski definition) is 1. The largest absolute Gasteiger partial charge is 0.435 e. The van der Waals surface area contributed by atoms with Crippen molar-refractivity contribution in [2.45, 2.75) is 32.5 Å². The summed E-state index contributed by atoms with van der Waals surface area (Å²) in [4.78, 5) is 11.2. The third-order valence-corrected chi connectivity index (χ3v) is 3.23. The summed E-state index contributed by atoms with van der Waals surface area (Å²) in [6, 6.07) is 0. The van der Waals surface area contributed by atoms with Crippen LogP contribution in [0.3, 0.4) is 0 Å². The van der Waals surface area contributed by atoms with E-state index in [2.05, 4.69) is 0 Å². The van der Waals surface area contributed by atoms with Crippen LogP contribution in [0.5, 0.6) is 0 Å². The van der Waals surface area contributed by atoms with Crippen molar-refractivity contribution < 1.29 is 14.6 Å². The number of aliphatic hydroxyl groups is 1. The second kappa shape index (κ2) is 2.73. The highest BCUT2D eigenvalue weighted by molar-refractivity contribution is 5.74. The highest BCUT2D eigenvalue weighted by atomic mass is 16.6. The molecule has 0 spiro atoms. The number of esters is 1. The Bertz CT molecular complexity index is 202. The van der Waals surface area contributed by atoms with Gasteiger partial charge in [0, 0.05) is 5.92 Å². The molecule has 4 atom stereocenters. The van der Waals surface area contributed by atoms with E-state index in [0.717, 1.165) is 19.3 Å². The van der Waals surface area contributed by atoms with Gasteiger partial charge in [-0.25, -0.2) is 0 Å². The lowest BCUT2D eigenvalue weighted by Crippen LogP contribution is -2.41. The summed E-state index contributed by atoms with van der Waals surface area (Å²) in [5.74, 6) is 0.364. The van der Waals surface area contributed by atoms with Crippen molar-refractivity contribution in [3.63, 3.8) is 0 Å². The van der Waals surface area contributed by atoms with Crippen LogP contribution in [-0.2, 0) is 9.53 Å². The summed E-state index contributed by atoms with van der Waals surface area (Å²) in [6.07, 6.45) is 2.25. The zero-order valence-electron chi connectivity index (χ0n) is 7.19. The van der Waals surface area contributed by atoms with E-state index in [1.807, 2.05) is 6.92 Å². The van der Waals surface area contributed by atoms with Crippen LogP contribution in [0.1, 0.15) is 26.2 Å². The Labute approximate surface area is 71.7 Å². The Morgan fingerprint density at radius 3 is 3.00 bits per heavy atom. The number of aliphatic hydroxyl groups excluding tert-OH is 1.